The average Bonchev–Trinajstić information content (AvgIpc) is 2.16. The molecule has 0 aliphatic carbocycles. The third-order valence-corrected chi connectivity index (χ3v) is 2.93. The van der Waals surface area contributed by atoms with Gasteiger partial charge in [-0.05, 0) is 18.0 Å². The molecule has 0 radical (unpaired) electrons. The Morgan fingerprint density at radius 1 is 1.44 bits per heavy atom. The van der Waals surface area contributed by atoms with Crippen LogP contribution in [0, 0.1) is 0 Å². The van der Waals surface area contributed by atoms with Crippen LogP contribution in [0.15, 0.2) is 6.20 Å². The molecule has 0 bridgehead atoms. The number of nitrogens with one attached hydrogen (secondary N) is 1. The number of hydrogen-bond donors (Lipinski definition) is 2. The Kier molecular flexibility index (Phi) is 4.72. The smallest absolute Gasteiger partial charge is 0.224 e. The van der Waals surface area contributed by atoms with Crippen molar-refractivity contribution < 1.29 is 8.42 Å². The summed E-state index contributed by atoms with van der Waals surface area (Å²) in [4.78, 5) is 7.51. The molecule has 3 N–H and O–H groups in total. The lowest BCUT2D eigenvalue weighted by Gasteiger charge is -2.06. The maximum Gasteiger partial charge on any atom is 0.224 e. The second kappa shape index (κ2) is 5.62. The summed E-state index contributed by atoms with van der Waals surface area (Å²) in [5, 5.41) is 8.07. The number of nitrogens with zero attached hydrogens (tertiary/aromatic N) is 2. The summed E-state index contributed by atoms with van der Waals surface area (Å²) in [5.41, 5.74) is 0. The van der Waals surface area contributed by atoms with Gasteiger partial charge in [-0.1, -0.05) is 11.6 Å². The van der Waals surface area contributed by atoms with Crippen molar-refractivity contribution in [2.75, 3.05) is 17.6 Å². The highest BCUT2D eigenvalue weighted by Crippen LogP contribution is 2.18. The van der Waals surface area contributed by atoms with E-state index in [1.165, 1.54) is 6.20 Å². The topological polar surface area (TPSA) is 98.0 Å². The van der Waals surface area contributed by atoms with Crippen LogP contribution in [0.1, 0.15) is 6.42 Å². The molecule has 1 rings (SSSR count). The molecule has 0 aliphatic heterocycles. The minimum absolute atomic E-state index is 0.0679. The molecule has 0 aromatic carbocycles. The molecular formula is C7H10Cl2N4O2S. The van der Waals surface area contributed by atoms with Crippen LogP contribution in [-0.2, 0) is 10.0 Å². The molecule has 1 aromatic rings. The van der Waals surface area contributed by atoms with Gasteiger partial charge in [0.2, 0.25) is 15.3 Å². The lowest BCUT2D eigenvalue weighted by Crippen LogP contribution is -2.19. The molecule has 0 saturated heterocycles. The highest BCUT2D eigenvalue weighted by atomic mass is 35.5. The Morgan fingerprint density at radius 3 is 2.75 bits per heavy atom. The summed E-state index contributed by atoms with van der Waals surface area (Å²) in [7, 11) is -3.43. The molecule has 1 heterocycles. The lowest BCUT2D eigenvalue weighted by atomic mass is 10.4. The van der Waals surface area contributed by atoms with E-state index in [1.807, 2.05) is 0 Å². The second-order valence-corrected chi connectivity index (χ2v) is 5.46. The molecule has 0 aliphatic rings. The molecular weight excluding hydrogens is 275 g/mol. The monoisotopic (exact) mass is 284 g/mol. The van der Waals surface area contributed by atoms with Gasteiger partial charge in [0, 0.05) is 6.54 Å². The van der Waals surface area contributed by atoms with E-state index in [0.29, 0.717) is 23.8 Å². The summed E-state index contributed by atoms with van der Waals surface area (Å²) < 4.78 is 21.3. The summed E-state index contributed by atoms with van der Waals surface area (Å²) in [5.74, 6) is 0.271. The summed E-state index contributed by atoms with van der Waals surface area (Å²) in [6, 6.07) is 0. The largest absolute Gasteiger partial charge is 0.369 e. The Labute approximate surface area is 103 Å². The van der Waals surface area contributed by atoms with Crippen molar-refractivity contribution in [1.82, 2.24) is 9.97 Å². The zero-order chi connectivity index (χ0) is 12.2. The van der Waals surface area contributed by atoms with Crippen molar-refractivity contribution in [1.29, 1.82) is 0 Å². The van der Waals surface area contributed by atoms with E-state index in [4.69, 9.17) is 28.3 Å². The predicted molar refractivity (Wildman–Crippen MR) is 63.1 cm³/mol. The average molecular weight is 285 g/mol. The zero-order valence-corrected chi connectivity index (χ0v) is 10.5. The molecule has 1 aromatic heterocycles. The van der Waals surface area contributed by atoms with Crippen molar-refractivity contribution in [2.24, 2.45) is 5.14 Å². The number of hydrogen-bond acceptors (Lipinski definition) is 5. The number of sulfonamides is 1. The first-order valence-corrected chi connectivity index (χ1v) is 6.78. The van der Waals surface area contributed by atoms with E-state index < -0.39 is 10.0 Å². The van der Waals surface area contributed by atoms with Crippen molar-refractivity contribution in [2.45, 2.75) is 6.42 Å². The maximum absolute atomic E-state index is 10.6. The Bertz CT molecular complexity index is 465. The van der Waals surface area contributed by atoms with Gasteiger partial charge in [-0.2, -0.15) is 4.98 Å². The van der Waals surface area contributed by atoms with Gasteiger partial charge >= 0.3 is 0 Å². The van der Waals surface area contributed by atoms with Crippen molar-refractivity contribution in [3.05, 3.63) is 16.5 Å². The number of anilines is 1. The van der Waals surface area contributed by atoms with Crippen LogP contribution in [0.4, 0.5) is 5.82 Å². The summed E-state index contributed by atoms with van der Waals surface area (Å²) >= 11 is 11.3. The number of aromatic nitrogens is 2. The van der Waals surface area contributed by atoms with Gasteiger partial charge in [0.05, 0.1) is 11.9 Å². The van der Waals surface area contributed by atoms with Crippen molar-refractivity contribution >= 4 is 39.0 Å². The molecule has 90 valence electrons. The van der Waals surface area contributed by atoms with E-state index >= 15 is 0 Å². The van der Waals surface area contributed by atoms with Gasteiger partial charge in [0.25, 0.3) is 0 Å². The van der Waals surface area contributed by atoms with E-state index in [1.54, 1.807) is 0 Å². The highest BCUT2D eigenvalue weighted by Gasteiger charge is 2.05. The van der Waals surface area contributed by atoms with Crippen molar-refractivity contribution in [3.8, 4) is 0 Å². The van der Waals surface area contributed by atoms with Gasteiger partial charge < -0.3 is 5.32 Å². The summed E-state index contributed by atoms with van der Waals surface area (Å²) in [6.07, 6.45) is 1.72. The normalized spacial score (nSPS) is 11.4. The second-order valence-electron chi connectivity index (χ2n) is 2.98. The standard InChI is InChI=1S/C7H10Cl2N4O2S/c8-5-4-12-7(9)13-6(5)11-2-1-3-16(10,14)15/h4H,1-3H2,(H2,10,14,15)(H,11,12,13). The van der Waals surface area contributed by atoms with Crippen LogP contribution in [0.5, 0.6) is 0 Å². The van der Waals surface area contributed by atoms with E-state index in [-0.39, 0.29) is 11.0 Å². The van der Waals surface area contributed by atoms with Crippen LogP contribution in [0.3, 0.4) is 0 Å². The third-order valence-electron chi connectivity index (χ3n) is 1.61. The maximum atomic E-state index is 10.6. The number of nitrogens with two attached hydrogens (primary N) is 1. The van der Waals surface area contributed by atoms with Gasteiger partial charge in [-0.15, -0.1) is 0 Å². The Morgan fingerprint density at radius 2 is 2.12 bits per heavy atom. The molecule has 0 fully saturated rings. The Hall–Kier alpha value is -0.630. The van der Waals surface area contributed by atoms with Crippen LogP contribution in [0.2, 0.25) is 10.3 Å². The predicted octanol–water partition coefficient (Wildman–Crippen LogP) is 0.874. The third kappa shape index (κ3) is 4.93. The van der Waals surface area contributed by atoms with Gasteiger partial charge in [-0.3, -0.25) is 0 Å². The van der Waals surface area contributed by atoms with Gasteiger partial charge in [0.1, 0.15) is 10.8 Å². The first-order valence-electron chi connectivity index (χ1n) is 4.31. The quantitative estimate of drug-likeness (QED) is 0.618. The van der Waals surface area contributed by atoms with Gasteiger partial charge in [0.15, 0.2) is 0 Å². The molecule has 0 atom stereocenters. The zero-order valence-electron chi connectivity index (χ0n) is 8.15. The number of rotatable bonds is 5. The highest BCUT2D eigenvalue weighted by molar-refractivity contribution is 7.89. The molecule has 0 unspecified atom stereocenters. The molecule has 16 heavy (non-hydrogen) atoms. The van der Waals surface area contributed by atoms with Gasteiger partial charge in [-0.25, -0.2) is 18.5 Å². The van der Waals surface area contributed by atoms with Crippen molar-refractivity contribution in [3.63, 3.8) is 0 Å². The molecule has 0 saturated carbocycles. The first kappa shape index (κ1) is 13.4. The van der Waals surface area contributed by atoms with E-state index in [9.17, 15) is 8.42 Å². The van der Waals surface area contributed by atoms with Crippen LogP contribution in [0.25, 0.3) is 0 Å². The van der Waals surface area contributed by atoms with Crippen LogP contribution < -0.4 is 10.5 Å². The minimum Gasteiger partial charge on any atom is -0.369 e. The first-order chi connectivity index (χ1) is 7.38. The molecule has 9 heteroatoms. The SMILES string of the molecule is NS(=O)(=O)CCCNc1nc(Cl)ncc1Cl. The minimum atomic E-state index is -3.43. The Balaban J connectivity index is 2.46. The van der Waals surface area contributed by atoms with Crippen LogP contribution in [-0.4, -0.2) is 30.7 Å². The molecule has 0 amide bonds. The number of primary sulfonamides is 1. The fourth-order valence-electron chi connectivity index (χ4n) is 0.950. The van der Waals surface area contributed by atoms with E-state index in [2.05, 4.69) is 15.3 Å². The van der Waals surface area contributed by atoms with Crippen LogP contribution >= 0.6 is 23.2 Å². The molecule has 0 spiro atoms. The lowest BCUT2D eigenvalue weighted by molar-refractivity contribution is 0.595. The fraction of sp³-hybridized carbons (Fsp3) is 0.429. The number of halogens is 2. The summed E-state index contributed by atoms with van der Waals surface area (Å²) in [6.45, 7) is 0.378. The molecule has 6 nitrogen and oxygen atoms in total. The van der Waals surface area contributed by atoms with E-state index in [0.717, 1.165) is 0 Å². The fourth-order valence-corrected chi connectivity index (χ4v) is 1.79.